The lowest BCUT2D eigenvalue weighted by Gasteiger charge is -2.22. The molecule has 10 heteroatoms. The van der Waals surface area contributed by atoms with Crippen molar-refractivity contribution in [3.63, 3.8) is 0 Å². The number of rotatable bonds is 5. The van der Waals surface area contributed by atoms with Gasteiger partial charge in [-0.25, -0.2) is 15.0 Å². The van der Waals surface area contributed by atoms with E-state index in [4.69, 9.17) is 4.74 Å². The zero-order valence-electron chi connectivity index (χ0n) is 19.6. The molecule has 1 aliphatic carbocycles. The van der Waals surface area contributed by atoms with Gasteiger partial charge in [-0.1, -0.05) is 12.8 Å². The fourth-order valence-electron chi connectivity index (χ4n) is 4.42. The van der Waals surface area contributed by atoms with Crippen molar-refractivity contribution in [1.82, 2.24) is 15.0 Å². The number of pyridine rings is 2. The highest BCUT2D eigenvalue weighted by molar-refractivity contribution is 7.15. The van der Waals surface area contributed by atoms with Crippen LogP contribution in [0.2, 0.25) is 0 Å². The largest absolute Gasteiger partial charge is 0.469 e. The van der Waals surface area contributed by atoms with Gasteiger partial charge in [-0.15, -0.1) is 11.3 Å². The molecule has 3 aromatic heterocycles. The number of halogens is 3. The van der Waals surface area contributed by atoms with Crippen molar-refractivity contribution in [2.45, 2.75) is 57.5 Å². The van der Waals surface area contributed by atoms with Gasteiger partial charge in [0.25, 0.3) is 0 Å². The molecule has 1 N–H and O–H groups in total. The maximum Gasteiger partial charge on any atom is 0.416 e. The summed E-state index contributed by atoms with van der Waals surface area (Å²) in [5.41, 5.74) is 0.853. The van der Waals surface area contributed by atoms with Gasteiger partial charge in [0.05, 0.1) is 34.2 Å². The molecule has 0 aliphatic heterocycles. The van der Waals surface area contributed by atoms with E-state index in [9.17, 15) is 18.0 Å². The highest BCUT2D eigenvalue weighted by Crippen LogP contribution is 2.38. The molecule has 6 nitrogen and oxygen atoms in total. The number of carbonyl (C=O) groups excluding carboxylic acids is 1. The maximum atomic E-state index is 13.0. The van der Waals surface area contributed by atoms with Crippen LogP contribution in [-0.4, -0.2) is 28.0 Å². The van der Waals surface area contributed by atoms with Gasteiger partial charge in [-0.2, -0.15) is 13.2 Å². The molecule has 0 spiro atoms. The van der Waals surface area contributed by atoms with E-state index in [0.717, 1.165) is 72.3 Å². The van der Waals surface area contributed by atoms with E-state index in [1.165, 1.54) is 7.11 Å². The smallest absolute Gasteiger partial charge is 0.416 e. The third kappa shape index (κ3) is 6.36. The normalized spacial score (nSPS) is 19.0. The molecule has 0 atom stereocenters. The van der Waals surface area contributed by atoms with Crippen LogP contribution in [0.3, 0.4) is 0 Å². The molecule has 4 rings (SSSR count). The molecule has 0 amide bonds. The minimum absolute atomic E-state index is 0.0125. The Hall–Kier alpha value is -3.01. The lowest BCUT2D eigenvalue weighted by atomic mass is 9.86. The molecule has 3 heterocycles. The van der Waals surface area contributed by atoms with Gasteiger partial charge in [-0.05, 0) is 62.4 Å². The number of nitrogens with zero attached hydrogens (tertiary/aromatic N) is 3. The van der Waals surface area contributed by atoms with Gasteiger partial charge in [0.15, 0.2) is 0 Å². The number of hydrogen-bond donors (Lipinski definition) is 1. The van der Waals surface area contributed by atoms with Crippen LogP contribution in [0.4, 0.5) is 24.8 Å². The summed E-state index contributed by atoms with van der Waals surface area (Å²) in [6.07, 6.45) is 3.98. The highest BCUT2D eigenvalue weighted by Gasteiger charge is 2.31. The summed E-state index contributed by atoms with van der Waals surface area (Å²) in [7, 11) is 1.44. The second kappa shape index (κ2) is 10.7. The molecule has 3 aromatic rings. The van der Waals surface area contributed by atoms with E-state index in [0.29, 0.717) is 17.4 Å². The molecule has 0 bridgehead atoms. The van der Waals surface area contributed by atoms with Crippen molar-refractivity contribution in [3.8, 4) is 10.6 Å². The van der Waals surface area contributed by atoms with E-state index in [1.807, 2.05) is 19.2 Å². The summed E-state index contributed by atoms with van der Waals surface area (Å²) < 4.78 is 44.0. The number of aryl methyl sites for hydroxylation is 1. The second-order valence-electron chi connectivity index (χ2n) is 8.81. The second-order valence-corrected chi connectivity index (χ2v) is 9.87. The summed E-state index contributed by atoms with van der Waals surface area (Å²) >= 11 is 1.59. The third-order valence-corrected chi connectivity index (χ3v) is 7.37. The molecule has 1 fully saturated rings. The monoisotopic (exact) mass is 504 g/mol. The first kappa shape index (κ1) is 25.1. The van der Waals surface area contributed by atoms with E-state index in [1.54, 1.807) is 17.4 Å². The first-order chi connectivity index (χ1) is 16.7. The quantitative estimate of drug-likeness (QED) is 0.381. The minimum atomic E-state index is -4.44. The number of carbonyl (C=O) groups is 1. The van der Waals surface area contributed by atoms with Gasteiger partial charge in [0.1, 0.15) is 11.6 Å². The Bertz CT molecular complexity index is 1170. The maximum absolute atomic E-state index is 13.0. The molecule has 0 radical (unpaired) electrons. The standard InChI is InChI=1S/C25H27F3N4O2S/c1-15-11-19(31-22(12-15)32-21-13-18(9-10-29-21)25(26,27)28)20-14-30-23(35-20)16-5-3-7-17(8-4-6-16)24(33)34-2/h9-14,16-17H,3-8H2,1-2H3,(H,29,31,32). The Balaban J connectivity index is 1.48. The summed E-state index contributed by atoms with van der Waals surface area (Å²) in [5.74, 6) is 0.705. The summed E-state index contributed by atoms with van der Waals surface area (Å²) in [6.45, 7) is 1.91. The SMILES string of the molecule is COC(=O)C1CCCC(c2ncc(-c3cc(C)cc(Nc4cc(C(F)(F)F)ccn4)n3)s2)CCC1. The predicted octanol–water partition coefficient (Wildman–Crippen LogP) is 6.90. The van der Waals surface area contributed by atoms with Crippen LogP contribution >= 0.6 is 11.3 Å². The zero-order chi connectivity index (χ0) is 25.0. The fraction of sp³-hybridized carbons (Fsp3) is 0.440. The molecule has 0 saturated heterocycles. The molecule has 186 valence electrons. The predicted molar refractivity (Wildman–Crippen MR) is 129 cm³/mol. The van der Waals surface area contributed by atoms with Crippen LogP contribution in [0.25, 0.3) is 10.6 Å². The minimum Gasteiger partial charge on any atom is -0.469 e. The molecule has 1 saturated carbocycles. The Kier molecular flexibility index (Phi) is 7.69. The van der Waals surface area contributed by atoms with E-state index in [2.05, 4.69) is 20.3 Å². The van der Waals surface area contributed by atoms with Gasteiger partial charge < -0.3 is 10.1 Å². The average molecular weight is 505 g/mol. The van der Waals surface area contributed by atoms with Crippen molar-refractivity contribution in [2.24, 2.45) is 5.92 Å². The fourth-order valence-corrected chi connectivity index (χ4v) is 5.47. The van der Waals surface area contributed by atoms with Crippen molar-refractivity contribution >= 4 is 28.9 Å². The average Bonchev–Trinajstić information content (AvgIpc) is 3.28. The van der Waals surface area contributed by atoms with E-state index < -0.39 is 11.7 Å². The molecular weight excluding hydrogens is 477 g/mol. The molecule has 0 unspecified atom stereocenters. The van der Waals surface area contributed by atoms with Crippen LogP contribution in [-0.2, 0) is 15.7 Å². The molecule has 1 aliphatic rings. The number of aromatic nitrogens is 3. The van der Waals surface area contributed by atoms with E-state index in [-0.39, 0.29) is 17.7 Å². The topological polar surface area (TPSA) is 77.0 Å². The summed E-state index contributed by atoms with van der Waals surface area (Å²) in [6, 6.07) is 5.60. The first-order valence-electron chi connectivity index (χ1n) is 11.6. The number of methoxy groups -OCH3 is 1. The number of alkyl halides is 3. The lowest BCUT2D eigenvalue weighted by Crippen LogP contribution is -2.18. The van der Waals surface area contributed by atoms with Gasteiger partial charge in [0, 0.05) is 18.3 Å². The van der Waals surface area contributed by atoms with Gasteiger partial charge in [-0.3, -0.25) is 4.79 Å². The van der Waals surface area contributed by atoms with Crippen molar-refractivity contribution in [3.05, 3.63) is 52.8 Å². The Labute approximate surface area is 206 Å². The third-order valence-electron chi connectivity index (χ3n) is 6.18. The number of hydrogen-bond acceptors (Lipinski definition) is 7. The number of esters is 1. The van der Waals surface area contributed by atoms with Crippen molar-refractivity contribution in [2.75, 3.05) is 12.4 Å². The zero-order valence-corrected chi connectivity index (χ0v) is 20.4. The van der Waals surface area contributed by atoms with Crippen LogP contribution in [0.5, 0.6) is 0 Å². The Morgan fingerprint density at radius 3 is 2.51 bits per heavy atom. The number of nitrogens with one attached hydrogen (secondary N) is 1. The van der Waals surface area contributed by atoms with Crippen molar-refractivity contribution < 1.29 is 22.7 Å². The number of ether oxygens (including phenoxy) is 1. The number of anilines is 2. The van der Waals surface area contributed by atoms with Gasteiger partial charge >= 0.3 is 12.1 Å². The number of thiazole rings is 1. The van der Waals surface area contributed by atoms with Crippen LogP contribution < -0.4 is 5.32 Å². The first-order valence-corrected chi connectivity index (χ1v) is 12.4. The van der Waals surface area contributed by atoms with Crippen LogP contribution in [0.1, 0.15) is 60.6 Å². The molecular formula is C25H27F3N4O2S. The van der Waals surface area contributed by atoms with E-state index >= 15 is 0 Å². The Morgan fingerprint density at radius 1 is 1.09 bits per heavy atom. The van der Waals surface area contributed by atoms with Gasteiger partial charge in [0.2, 0.25) is 0 Å². The highest BCUT2D eigenvalue weighted by atomic mass is 32.1. The Morgan fingerprint density at radius 2 is 1.83 bits per heavy atom. The summed E-state index contributed by atoms with van der Waals surface area (Å²) in [4.78, 5) is 26.0. The summed E-state index contributed by atoms with van der Waals surface area (Å²) in [5, 5.41) is 3.94. The van der Waals surface area contributed by atoms with Crippen molar-refractivity contribution in [1.29, 1.82) is 0 Å². The van der Waals surface area contributed by atoms with Crippen LogP contribution in [0.15, 0.2) is 36.7 Å². The lowest BCUT2D eigenvalue weighted by molar-refractivity contribution is -0.146. The molecule has 35 heavy (non-hydrogen) atoms. The molecule has 0 aromatic carbocycles. The van der Waals surface area contributed by atoms with Crippen LogP contribution in [0, 0.1) is 12.8 Å².